The predicted octanol–water partition coefficient (Wildman–Crippen LogP) is 6.00. The highest BCUT2D eigenvalue weighted by atomic mass is 32.2. The Morgan fingerprint density at radius 3 is 2.11 bits per heavy atom. The molecule has 0 aliphatic carbocycles. The van der Waals surface area contributed by atoms with E-state index in [0.717, 1.165) is 5.56 Å². The van der Waals surface area contributed by atoms with Gasteiger partial charge >= 0.3 is 5.97 Å². The Bertz CT molecular complexity index is 1310. The molecule has 36 heavy (non-hydrogen) atoms. The number of nitrogens with one attached hydrogen (secondary N) is 1. The van der Waals surface area contributed by atoms with Crippen molar-refractivity contribution >= 4 is 38.2 Å². The second-order valence-corrected chi connectivity index (χ2v) is 11.2. The molecule has 0 atom stereocenters. The molecule has 3 aromatic rings. The number of carbonyl (C=O) groups excluding carboxylic acids is 2. The second-order valence-electron chi connectivity index (χ2n) is 8.42. The maximum Gasteiger partial charge on any atom is 0.341 e. The van der Waals surface area contributed by atoms with Crippen LogP contribution in [0.1, 0.15) is 66.8 Å². The van der Waals surface area contributed by atoms with Crippen molar-refractivity contribution in [3.63, 3.8) is 0 Å². The highest BCUT2D eigenvalue weighted by Gasteiger charge is 2.24. The van der Waals surface area contributed by atoms with Crippen molar-refractivity contribution in [1.82, 2.24) is 4.31 Å². The van der Waals surface area contributed by atoms with Gasteiger partial charge in [-0.25, -0.2) is 13.2 Å². The molecule has 1 N–H and O–H groups in total. The van der Waals surface area contributed by atoms with E-state index in [0.29, 0.717) is 35.1 Å². The van der Waals surface area contributed by atoms with Gasteiger partial charge in [0.15, 0.2) is 0 Å². The van der Waals surface area contributed by atoms with Crippen molar-refractivity contribution < 1.29 is 22.7 Å². The van der Waals surface area contributed by atoms with Gasteiger partial charge in [-0.05, 0) is 48.2 Å². The molecule has 0 saturated carbocycles. The van der Waals surface area contributed by atoms with Gasteiger partial charge < -0.3 is 10.1 Å². The molecule has 0 bridgehead atoms. The first-order chi connectivity index (χ1) is 17.1. The molecule has 7 nitrogen and oxygen atoms in total. The third kappa shape index (κ3) is 5.86. The van der Waals surface area contributed by atoms with Crippen LogP contribution in [0.15, 0.2) is 58.8 Å². The number of thiophene rings is 1. The fraction of sp³-hybridized carbons (Fsp3) is 0.333. The molecule has 0 spiro atoms. The zero-order valence-electron chi connectivity index (χ0n) is 21.2. The van der Waals surface area contributed by atoms with Crippen LogP contribution in [0.4, 0.5) is 5.00 Å². The molecular formula is C27H32N2O5S2. The van der Waals surface area contributed by atoms with E-state index in [1.165, 1.54) is 45.5 Å². The van der Waals surface area contributed by atoms with Crippen molar-refractivity contribution in [2.75, 3.05) is 25.0 Å². The van der Waals surface area contributed by atoms with Gasteiger partial charge in [-0.15, -0.1) is 11.3 Å². The van der Waals surface area contributed by atoms with Gasteiger partial charge in [-0.3, -0.25) is 4.79 Å². The molecule has 0 unspecified atom stereocenters. The summed E-state index contributed by atoms with van der Waals surface area (Å²) in [5.74, 6) is -0.581. The third-order valence-corrected chi connectivity index (χ3v) is 8.81. The summed E-state index contributed by atoms with van der Waals surface area (Å²) in [6, 6.07) is 13.7. The van der Waals surface area contributed by atoms with Gasteiger partial charge in [0.2, 0.25) is 10.0 Å². The molecule has 0 aliphatic heterocycles. The molecule has 0 radical (unpaired) electrons. The van der Waals surface area contributed by atoms with Crippen LogP contribution < -0.4 is 5.32 Å². The molecule has 1 heterocycles. The van der Waals surface area contributed by atoms with E-state index in [4.69, 9.17) is 4.74 Å². The Morgan fingerprint density at radius 1 is 0.972 bits per heavy atom. The summed E-state index contributed by atoms with van der Waals surface area (Å²) >= 11 is 1.24. The molecular weight excluding hydrogens is 496 g/mol. The van der Waals surface area contributed by atoms with Crippen LogP contribution in [0, 0.1) is 0 Å². The van der Waals surface area contributed by atoms with E-state index in [-0.39, 0.29) is 17.1 Å². The number of amides is 1. The topological polar surface area (TPSA) is 92.8 Å². The third-order valence-electron chi connectivity index (χ3n) is 5.85. The van der Waals surface area contributed by atoms with Gasteiger partial charge in [-0.2, -0.15) is 4.31 Å². The van der Waals surface area contributed by atoms with E-state index >= 15 is 0 Å². The Labute approximate surface area is 217 Å². The van der Waals surface area contributed by atoms with Crippen molar-refractivity contribution in [3.05, 3.63) is 70.6 Å². The predicted molar refractivity (Wildman–Crippen MR) is 144 cm³/mol. The van der Waals surface area contributed by atoms with Crippen molar-refractivity contribution in [3.8, 4) is 11.1 Å². The number of rotatable bonds is 10. The normalized spacial score (nSPS) is 11.6. The number of benzene rings is 2. The first-order valence-electron chi connectivity index (χ1n) is 11.9. The Hall–Kier alpha value is -3.01. The second kappa shape index (κ2) is 11.8. The fourth-order valence-electron chi connectivity index (χ4n) is 3.78. The highest BCUT2D eigenvalue weighted by molar-refractivity contribution is 7.89. The van der Waals surface area contributed by atoms with Crippen LogP contribution in [-0.2, 0) is 14.8 Å². The molecule has 192 valence electrons. The van der Waals surface area contributed by atoms with Crippen LogP contribution in [0.5, 0.6) is 0 Å². The number of carbonyl (C=O) groups is 2. The molecule has 0 fully saturated rings. The molecule has 3 rings (SSSR count). The quantitative estimate of drug-likeness (QED) is 0.326. The minimum absolute atomic E-state index is 0.123. The first kappa shape index (κ1) is 27.6. The average molecular weight is 529 g/mol. The van der Waals surface area contributed by atoms with Crippen LogP contribution in [-0.4, -0.2) is 44.3 Å². The van der Waals surface area contributed by atoms with Crippen molar-refractivity contribution in [2.24, 2.45) is 0 Å². The lowest BCUT2D eigenvalue weighted by Crippen LogP contribution is -2.30. The maximum atomic E-state index is 13.0. The smallest absolute Gasteiger partial charge is 0.341 e. The highest BCUT2D eigenvalue weighted by Crippen LogP contribution is 2.37. The van der Waals surface area contributed by atoms with Gasteiger partial charge in [0.25, 0.3) is 5.91 Å². The zero-order valence-corrected chi connectivity index (χ0v) is 22.8. The largest absolute Gasteiger partial charge is 0.462 e. The number of sulfonamides is 1. The van der Waals surface area contributed by atoms with E-state index in [2.05, 4.69) is 19.2 Å². The molecule has 9 heteroatoms. The summed E-state index contributed by atoms with van der Waals surface area (Å²) in [6.07, 6.45) is 0. The Morgan fingerprint density at radius 2 is 1.58 bits per heavy atom. The lowest BCUT2D eigenvalue weighted by Gasteiger charge is -2.18. The van der Waals surface area contributed by atoms with Gasteiger partial charge in [-0.1, -0.05) is 52.0 Å². The maximum absolute atomic E-state index is 13.0. The minimum Gasteiger partial charge on any atom is -0.462 e. The summed E-state index contributed by atoms with van der Waals surface area (Å²) in [4.78, 5) is 26.0. The summed E-state index contributed by atoms with van der Waals surface area (Å²) < 4.78 is 32.1. The number of hydrogen-bond donors (Lipinski definition) is 1. The number of anilines is 1. The number of esters is 1. The molecule has 1 amide bonds. The summed E-state index contributed by atoms with van der Waals surface area (Å²) in [7, 11) is -3.62. The van der Waals surface area contributed by atoms with E-state index in [9.17, 15) is 18.0 Å². The minimum atomic E-state index is -3.62. The summed E-state index contributed by atoms with van der Waals surface area (Å²) in [5, 5.41) is 5.01. The first-order valence-corrected chi connectivity index (χ1v) is 14.3. The number of ether oxygens (including phenoxy) is 1. The Kier molecular flexibility index (Phi) is 9.05. The van der Waals surface area contributed by atoms with Crippen LogP contribution in [0.25, 0.3) is 11.1 Å². The van der Waals surface area contributed by atoms with Gasteiger partial charge in [0.1, 0.15) is 10.6 Å². The van der Waals surface area contributed by atoms with Gasteiger partial charge in [0, 0.05) is 29.6 Å². The zero-order chi connectivity index (χ0) is 26.5. The molecule has 2 aromatic carbocycles. The molecule has 0 aliphatic rings. The lowest BCUT2D eigenvalue weighted by molar-refractivity contribution is 0.0529. The van der Waals surface area contributed by atoms with E-state index in [1.807, 2.05) is 29.6 Å². The van der Waals surface area contributed by atoms with Gasteiger partial charge in [0.05, 0.1) is 11.5 Å². The SMILES string of the molecule is CCOC(=O)c1c(-c2ccc(C(C)C)cc2)csc1NC(=O)c1ccc(S(=O)(=O)N(CC)CC)cc1. The standard InChI is InChI=1S/C27H32N2O5S2/c1-6-29(7-2)36(32,33)22-15-13-21(14-16-22)25(30)28-26-24(27(31)34-8-3)23(17-35-26)20-11-9-19(10-12-20)18(4)5/h9-18H,6-8H2,1-5H3,(H,28,30). The number of hydrogen-bond acceptors (Lipinski definition) is 6. The summed E-state index contributed by atoms with van der Waals surface area (Å²) in [6.45, 7) is 10.4. The lowest BCUT2D eigenvalue weighted by atomic mass is 9.98. The van der Waals surface area contributed by atoms with E-state index in [1.54, 1.807) is 20.8 Å². The fourth-order valence-corrected chi connectivity index (χ4v) is 6.19. The molecule has 1 aromatic heterocycles. The average Bonchev–Trinajstić information content (AvgIpc) is 3.28. The monoisotopic (exact) mass is 528 g/mol. The van der Waals surface area contributed by atoms with E-state index < -0.39 is 21.9 Å². The van der Waals surface area contributed by atoms with Crippen LogP contribution in [0.2, 0.25) is 0 Å². The van der Waals surface area contributed by atoms with Crippen molar-refractivity contribution in [2.45, 2.75) is 45.4 Å². The number of nitrogens with zero attached hydrogens (tertiary/aromatic N) is 1. The van der Waals surface area contributed by atoms with Crippen LogP contribution in [0.3, 0.4) is 0 Å². The Balaban J connectivity index is 1.90. The molecule has 0 saturated heterocycles. The van der Waals surface area contributed by atoms with Crippen molar-refractivity contribution in [1.29, 1.82) is 0 Å². The summed E-state index contributed by atoms with van der Waals surface area (Å²) in [5.41, 5.74) is 3.30. The van der Waals surface area contributed by atoms with Crippen LogP contribution >= 0.6 is 11.3 Å².